The van der Waals surface area contributed by atoms with Crippen LogP contribution in [0.1, 0.15) is 23.2 Å². The highest BCUT2D eigenvalue weighted by molar-refractivity contribution is 6.32. The highest BCUT2D eigenvalue weighted by atomic mass is 35.5. The normalized spacial score (nSPS) is 17.3. The molecule has 1 amide bonds. The molecule has 0 radical (unpaired) electrons. The molecule has 1 saturated carbocycles. The standard InChI is InChI=1S/C13H15ClN2O3.ClH/c14-9-3-8(4-11-12(9)19-6-18-11)13(17)16-10(5-15)7-1-2-7;/h3-4,7,10H,1-2,5-6,15H2,(H,16,17);1H. The molecule has 1 aliphatic heterocycles. The number of halogens is 2. The first-order chi connectivity index (χ1) is 9.19. The summed E-state index contributed by atoms with van der Waals surface area (Å²) in [6, 6.07) is 3.27. The fraction of sp³-hybridized carbons (Fsp3) is 0.462. The summed E-state index contributed by atoms with van der Waals surface area (Å²) in [5, 5.41) is 3.33. The minimum absolute atomic E-state index is 0. The quantitative estimate of drug-likeness (QED) is 0.890. The lowest BCUT2D eigenvalue weighted by molar-refractivity contribution is 0.0933. The molecule has 5 nitrogen and oxygen atoms in total. The molecule has 3 N–H and O–H groups in total. The number of nitrogens with two attached hydrogens (primary N) is 1. The molecule has 3 rings (SSSR count). The third-order valence-electron chi connectivity index (χ3n) is 3.45. The van der Waals surface area contributed by atoms with Gasteiger partial charge in [0.15, 0.2) is 11.5 Å². The Balaban J connectivity index is 0.00000147. The van der Waals surface area contributed by atoms with Crippen molar-refractivity contribution in [2.24, 2.45) is 11.7 Å². The average molecular weight is 319 g/mol. The van der Waals surface area contributed by atoms with E-state index in [-0.39, 0.29) is 31.1 Å². The number of carbonyl (C=O) groups excluding carboxylic acids is 1. The van der Waals surface area contributed by atoms with Gasteiger partial charge in [0.1, 0.15) is 0 Å². The monoisotopic (exact) mass is 318 g/mol. The van der Waals surface area contributed by atoms with Crippen LogP contribution in [0.15, 0.2) is 12.1 Å². The number of hydrogen-bond acceptors (Lipinski definition) is 4. The first-order valence-electron chi connectivity index (χ1n) is 6.29. The van der Waals surface area contributed by atoms with Crippen molar-refractivity contribution < 1.29 is 14.3 Å². The van der Waals surface area contributed by atoms with Crippen LogP contribution < -0.4 is 20.5 Å². The van der Waals surface area contributed by atoms with Gasteiger partial charge in [-0.2, -0.15) is 0 Å². The molecule has 1 aliphatic carbocycles. The van der Waals surface area contributed by atoms with Gasteiger partial charge in [-0.1, -0.05) is 11.6 Å². The number of ether oxygens (including phenoxy) is 2. The van der Waals surface area contributed by atoms with Crippen LogP contribution in [0.25, 0.3) is 0 Å². The van der Waals surface area contributed by atoms with Gasteiger partial charge in [-0.15, -0.1) is 12.4 Å². The number of nitrogens with one attached hydrogen (secondary N) is 1. The Kier molecular flexibility index (Phi) is 4.62. The van der Waals surface area contributed by atoms with Gasteiger partial charge < -0.3 is 20.5 Å². The summed E-state index contributed by atoms with van der Waals surface area (Å²) >= 11 is 6.05. The van der Waals surface area contributed by atoms with Gasteiger partial charge in [-0.05, 0) is 30.9 Å². The molecule has 0 spiro atoms. The van der Waals surface area contributed by atoms with E-state index in [2.05, 4.69) is 5.32 Å². The highest BCUT2D eigenvalue weighted by Gasteiger charge is 2.31. The molecule has 0 saturated heterocycles. The van der Waals surface area contributed by atoms with Gasteiger partial charge in [-0.3, -0.25) is 4.79 Å². The first kappa shape index (κ1) is 15.2. The zero-order chi connectivity index (χ0) is 13.4. The van der Waals surface area contributed by atoms with E-state index in [0.717, 1.165) is 12.8 Å². The molecule has 1 aromatic rings. The summed E-state index contributed by atoms with van der Waals surface area (Å²) in [6.07, 6.45) is 2.26. The van der Waals surface area contributed by atoms with Crippen molar-refractivity contribution in [2.75, 3.05) is 13.3 Å². The van der Waals surface area contributed by atoms with Crippen molar-refractivity contribution in [1.82, 2.24) is 5.32 Å². The molecule has 1 heterocycles. The molecule has 1 aromatic carbocycles. The van der Waals surface area contributed by atoms with Crippen LogP contribution in [-0.2, 0) is 0 Å². The largest absolute Gasteiger partial charge is 0.454 e. The van der Waals surface area contributed by atoms with E-state index in [4.69, 9.17) is 26.8 Å². The maximum absolute atomic E-state index is 12.2. The maximum Gasteiger partial charge on any atom is 0.251 e. The van der Waals surface area contributed by atoms with Crippen LogP contribution in [0.2, 0.25) is 5.02 Å². The number of fused-ring (bicyclic) bond motifs is 1. The number of amides is 1. The Hall–Kier alpha value is -1.17. The molecule has 1 fully saturated rings. The summed E-state index contributed by atoms with van der Waals surface area (Å²) in [6.45, 7) is 0.586. The predicted molar refractivity (Wildman–Crippen MR) is 77.9 cm³/mol. The molecule has 0 bridgehead atoms. The van der Waals surface area contributed by atoms with Crippen molar-refractivity contribution in [1.29, 1.82) is 0 Å². The van der Waals surface area contributed by atoms with E-state index in [1.54, 1.807) is 12.1 Å². The highest BCUT2D eigenvalue weighted by Crippen LogP contribution is 2.40. The van der Waals surface area contributed by atoms with E-state index >= 15 is 0 Å². The average Bonchev–Trinajstić information content (AvgIpc) is 3.13. The number of hydrogen-bond donors (Lipinski definition) is 2. The molecule has 0 aromatic heterocycles. The van der Waals surface area contributed by atoms with Gasteiger partial charge in [-0.25, -0.2) is 0 Å². The number of carbonyl (C=O) groups is 1. The van der Waals surface area contributed by atoms with E-state index < -0.39 is 0 Å². The predicted octanol–water partition coefficient (Wildman–Crippen LogP) is 1.96. The molecule has 1 atom stereocenters. The fourth-order valence-electron chi connectivity index (χ4n) is 2.22. The van der Waals surface area contributed by atoms with E-state index in [1.165, 1.54) is 0 Å². The summed E-state index contributed by atoms with van der Waals surface area (Å²) in [5.74, 6) is 1.34. The van der Waals surface area contributed by atoms with E-state index in [1.807, 2.05) is 0 Å². The lowest BCUT2D eigenvalue weighted by atomic mass is 10.1. The third kappa shape index (κ3) is 2.95. The second-order valence-electron chi connectivity index (χ2n) is 4.84. The van der Waals surface area contributed by atoms with Gasteiger partial charge in [0.05, 0.1) is 5.02 Å². The van der Waals surface area contributed by atoms with Crippen molar-refractivity contribution in [2.45, 2.75) is 18.9 Å². The Bertz CT molecular complexity index is 521. The summed E-state index contributed by atoms with van der Waals surface area (Å²) in [4.78, 5) is 12.2. The first-order valence-corrected chi connectivity index (χ1v) is 6.67. The fourth-order valence-corrected chi connectivity index (χ4v) is 2.48. The van der Waals surface area contributed by atoms with Crippen LogP contribution in [0.4, 0.5) is 0 Å². The topological polar surface area (TPSA) is 73.6 Å². The minimum atomic E-state index is -0.178. The van der Waals surface area contributed by atoms with Crippen LogP contribution in [-0.4, -0.2) is 25.3 Å². The van der Waals surface area contributed by atoms with Gasteiger partial charge in [0.25, 0.3) is 5.91 Å². The van der Waals surface area contributed by atoms with Crippen molar-refractivity contribution >= 4 is 29.9 Å². The minimum Gasteiger partial charge on any atom is -0.454 e. The van der Waals surface area contributed by atoms with Gasteiger partial charge in [0, 0.05) is 18.2 Å². The second-order valence-corrected chi connectivity index (χ2v) is 5.25. The second kappa shape index (κ2) is 6.08. The summed E-state index contributed by atoms with van der Waals surface area (Å²) in [7, 11) is 0. The maximum atomic E-state index is 12.2. The van der Waals surface area contributed by atoms with E-state index in [0.29, 0.717) is 34.5 Å². The van der Waals surface area contributed by atoms with Crippen molar-refractivity contribution in [3.05, 3.63) is 22.7 Å². The SMILES string of the molecule is Cl.NCC(NC(=O)c1cc(Cl)c2c(c1)OCO2)C1CC1. The molecule has 2 aliphatic rings. The van der Waals surface area contributed by atoms with Crippen LogP contribution in [0, 0.1) is 5.92 Å². The van der Waals surface area contributed by atoms with Crippen LogP contribution in [0.3, 0.4) is 0 Å². The molecule has 20 heavy (non-hydrogen) atoms. The molecule has 1 unspecified atom stereocenters. The van der Waals surface area contributed by atoms with Crippen molar-refractivity contribution in [3.8, 4) is 11.5 Å². The Morgan fingerprint density at radius 1 is 1.45 bits per heavy atom. The number of benzene rings is 1. The Labute approximate surface area is 128 Å². The molecule has 7 heteroatoms. The molecular formula is C13H16Cl2N2O3. The van der Waals surface area contributed by atoms with Crippen LogP contribution in [0.5, 0.6) is 11.5 Å². The number of rotatable bonds is 4. The zero-order valence-corrected chi connectivity index (χ0v) is 12.3. The summed E-state index contributed by atoms with van der Waals surface area (Å²) in [5.41, 5.74) is 6.14. The van der Waals surface area contributed by atoms with Crippen LogP contribution >= 0.6 is 24.0 Å². The Morgan fingerprint density at radius 2 is 2.20 bits per heavy atom. The smallest absolute Gasteiger partial charge is 0.251 e. The Morgan fingerprint density at radius 3 is 2.85 bits per heavy atom. The lowest BCUT2D eigenvalue weighted by Crippen LogP contribution is -2.41. The third-order valence-corrected chi connectivity index (χ3v) is 3.73. The van der Waals surface area contributed by atoms with Gasteiger partial charge >= 0.3 is 0 Å². The molecular weight excluding hydrogens is 303 g/mol. The van der Waals surface area contributed by atoms with E-state index in [9.17, 15) is 4.79 Å². The van der Waals surface area contributed by atoms with Gasteiger partial charge in [0.2, 0.25) is 6.79 Å². The van der Waals surface area contributed by atoms with Crippen molar-refractivity contribution in [3.63, 3.8) is 0 Å². The zero-order valence-electron chi connectivity index (χ0n) is 10.7. The summed E-state index contributed by atoms with van der Waals surface area (Å²) < 4.78 is 10.5. The lowest BCUT2D eigenvalue weighted by Gasteiger charge is -2.16. The molecule has 110 valence electrons.